The van der Waals surface area contributed by atoms with Gasteiger partial charge in [-0.3, -0.25) is 0 Å². The van der Waals surface area contributed by atoms with Gasteiger partial charge in [0.25, 0.3) is 0 Å². The Labute approximate surface area is 729 Å². The number of ether oxygens (including phenoxy) is 2. The highest BCUT2D eigenvalue weighted by molar-refractivity contribution is 8.05. The second-order valence-electron chi connectivity index (χ2n) is 26.1. The highest BCUT2D eigenvalue weighted by Gasteiger charge is 3.04. The van der Waals surface area contributed by atoms with Gasteiger partial charge in [0.15, 0.2) is 0 Å². The molecule has 0 amide bonds. The van der Waals surface area contributed by atoms with Crippen LogP contribution in [0.25, 0.3) is 0 Å². The molecule has 0 aliphatic rings. The van der Waals surface area contributed by atoms with E-state index in [1.807, 2.05) is 0 Å². The Morgan fingerprint density at radius 2 is 0.254 bits per heavy atom. The van der Waals surface area contributed by atoms with Crippen LogP contribution in [-0.2, 0) is 19.1 Å². The molecule has 4 nitrogen and oxygen atoms in total. The number of thioether (sulfide) groups is 4. The van der Waals surface area contributed by atoms with Crippen molar-refractivity contribution in [3.63, 3.8) is 0 Å². The first-order valence-electron chi connectivity index (χ1n) is 30.7. The molecule has 2 atom stereocenters. The molecule has 848 valence electrons. The molecule has 0 saturated carbocycles. The third-order valence-electron chi connectivity index (χ3n) is 16.6. The Bertz CT molecular complexity index is 4130. The van der Waals surface area contributed by atoms with Crippen molar-refractivity contribution in [3.05, 3.63) is 12.2 Å². The lowest BCUT2D eigenvalue weighted by Gasteiger charge is -2.44. The summed E-state index contributed by atoms with van der Waals surface area (Å²) in [5, 5.41) is -46.1. The summed E-state index contributed by atoms with van der Waals surface area (Å²) < 4.78 is 1190. The van der Waals surface area contributed by atoms with Gasteiger partial charge in [-0.2, -0.15) is 369 Å². The molecule has 0 aliphatic heterocycles. The van der Waals surface area contributed by atoms with Crippen LogP contribution in [0.4, 0.5) is 369 Å². The molecular weight excluding hydrogens is 2390 g/mol. The molecular formula is C50H12F84O4S4. The van der Waals surface area contributed by atoms with E-state index >= 15 is 52.7 Å². The van der Waals surface area contributed by atoms with Crippen LogP contribution in [0.5, 0.6) is 0 Å². The summed E-state index contributed by atoms with van der Waals surface area (Å²) in [5.41, 5.74) is 0. The van der Waals surface area contributed by atoms with Crippen molar-refractivity contribution in [2.24, 2.45) is 0 Å². The first kappa shape index (κ1) is 136. The first-order chi connectivity index (χ1) is 60.2. The molecule has 0 aliphatic carbocycles. The largest absolute Gasteiger partial charge is 0.461 e. The number of halogens is 84. The van der Waals surface area contributed by atoms with Crippen LogP contribution >= 0.6 is 47.0 Å². The van der Waals surface area contributed by atoms with Gasteiger partial charge in [0.2, 0.25) is 0 Å². The minimum Gasteiger partial charge on any atom is -0.461 e. The monoisotopic (exact) mass is 2400 g/mol. The zero-order valence-electron chi connectivity index (χ0n) is 61.2. The summed E-state index contributed by atoms with van der Waals surface area (Å²) >= 11 is -15.7. The zero-order chi connectivity index (χ0) is 117. The van der Waals surface area contributed by atoms with E-state index in [0.717, 1.165) is 0 Å². The average Bonchev–Trinajstić information content (AvgIpc) is 0.694. The van der Waals surface area contributed by atoms with Crippen LogP contribution in [0.3, 0.4) is 0 Å². The summed E-state index contributed by atoms with van der Waals surface area (Å²) in [4.78, 5) is 24.7. The van der Waals surface area contributed by atoms with E-state index in [0.29, 0.717) is 0 Å². The van der Waals surface area contributed by atoms with Crippen molar-refractivity contribution >= 4 is 59.0 Å². The number of hydrogen-bond acceptors (Lipinski definition) is 8. The maximum absolute atomic E-state index is 15.3. The number of rotatable bonds is 48. The number of carbonyl (C=O) groups excluding carboxylic acids is 2. The molecule has 92 heteroatoms. The van der Waals surface area contributed by atoms with Crippen LogP contribution in [0.1, 0.15) is 0 Å². The van der Waals surface area contributed by atoms with E-state index in [1.165, 1.54) is 0 Å². The fraction of sp³-hybridized carbons (Fsp3) is 0.920. The molecule has 0 aromatic rings. The quantitative estimate of drug-likeness (QED) is 0.0339. The second kappa shape index (κ2) is 36.5. The lowest BCUT2D eigenvalue weighted by Crippen LogP contribution is -2.76. The summed E-state index contributed by atoms with van der Waals surface area (Å²) in [6, 6.07) is 0. The lowest BCUT2D eigenvalue weighted by molar-refractivity contribution is -0.472. The number of carbonyl (C=O) groups is 2. The minimum absolute atomic E-state index is 1.80. The Balaban J connectivity index is 9.32. The van der Waals surface area contributed by atoms with Crippen LogP contribution in [0.15, 0.2) is 12.2 Å². The number of alkyl halides is 84. The van der Waals surface area contributed by atoms with E-state index in [1.54, 1.807) is 0 Å². The number of esters is 2. The molecule has 0 fully saturated rings. The van der Waals surface area contributed by atoms with E-state index < -0.39 is 342 Å². The molecule has 0 aromatic carbocycles. The van der Waals surface area contributed by atoms with Gasteiger partial charge in [0.05, 0.1) is 10.5 Å². The van der Waals surface area contributed by atoms with Gasteiger partial charge in [-0.05, 0) is 0 Å². The van der Waals surface area contributed by atoms with Crippen LogP contribution < -0.4 is 0 Å². The Morgan fingerprint density at radius 3 is 0.366 bits per heavy atom. The second-order valence-corrected chi connectivity index (χ2v) is 31.2. The standard InChI is InChI=1S/C50H12F84O4S4/c51-11(52,19(67,68)27(83,84)35(99,100)43(115,116)117)15(59,60)23(75,76)31(91,92)39(107,108)47(127,128)139-5-7(141-49(131,132)41(111,112)33(95,96)25(79,80)17(63,64)13(55,56)21(71,72)29(87,88)37(103,104)45(121,122)123)3-137-9(135)1-2-10(136)138-4-8(142-50(133,134)42(113,114)34(97,98)26(81,82)18(65,66)14(57,58)22(73,74)30(89,90)38(105,106)46(124,125)126)6-140-48(129,130)40(109,110)32(93,94)24(77,78)16(61,62)12(53,54)20(69,70)28(85,86)36(101,102)44(118,119)120/h1-2,7-8H,3-6H2. The zero-order valence-corrected chi connectivity index (χ0v) is 64.4. The van der Waals surface area contributed by atoms with Crippen LogP contribution in [-0.4, -0.2) is 282 Å². The maximum atomic E-state index is 15.3. The van der Waals surface area contributed by atoms with Gasteiger partial charge in [0, 0.05) is 23.7 Å². The van der Waals surface area contributed by atoms with E-state index in [2.05, 4.69) is 9.47 Å². The van der Waals surface area contributed by atoms with Crippen molar-refractivity contribution in [1.29, 1.82) is 0 Å². The summed E-state index contributed by atoms with van der Waals surface area (Å²) in [7, 11) is 0. The van der Waals surface area contributed by atoms with Crippen molar-refractivity contribution in [1.82, 2.24) is 0 Å². The SMILES string of the molecule is O=C(C=CC(=O)OCC(CSC(F)(F)C(F)(F)C(F)(F)C(F)(F)C(F)(F)C(F)(F)C(F)(F)C(F)(F)C(F)(F)C(F)(F)F)SC(F)(F)C(F)(F)C(F)(F)C(F)(F)C(F)(F)C(F)(F)C(F)(F)C(F)(F)C(F)(F)C(F)(F)F)OCC(CSC(F)(F)C(F)(F)C(F)(F)C(F)(F)C(F)(F)C(F)(F)C(F)(F)C(F)(F)C(F)(F)C(F)(F)F)SC(F)(F)C(F)(F)C(F)(F)C(F)(F)C(F)(F)C(F)(F)C(F)(F)C(F)(F)C(F)(F)C(F)(F)F. The molecule has 0 saturated heterocycles. The minimum atomic E-state index is -10.4. The summed E-state index contributed by atoms with van der Waals surface area (Å²) in [6.45, 7) is -8.11. The van der Waals surface area contributed by atoms with Gasteiger partial charge in [0.1, 0.15) is 13.2 Å². The maximum Gasteiger partial charge on any atom is 0.460 e. The Hall–Kier alpha value is -5.80. The van der Waals surface area contributed by atoms with Crippen molar-refractivity contribution in [3.8, 4) is 0 Å². The number of hydrogen-bond donors (Lipinski definition) is 0. The molecule has 142 heavy (non-hydrogen) atoms. The Kier molecular flexibility index (Phi) is 35.0. The molecule has 0 N–H and O–H groups in total. The van der Waals surface area contributed by atoms with Gasteiger partial charge < -0.3 is 9.47 Å². The predicted octanol–water partition coefficient (Wildman–Crippen LogP) is 29.2. The molecule has 0 radical (unpaired) electrons. The smallest absolute Gasteiger partial charge is 0.460 e. The molecule has 0 rings (SSSR count). The first-order valence-corrected chi connectivity index (χ1v) is 34.4. The fourth-order valence-corrected chi connectivity index (χ4v) is 12.3. The Morgan fingerprint density at radius 1 is 0.155 bits per heavy atom. The molecule has 0 bridgehead atoms. The van der Waals surface area contributed by atoms with Crippen LogP contribution in [0.2, 0.25) is 0 Å². The van der Waals surface area contributed by atoms with Crippen molar-refractivity contribution < 1.29 is 388 Å². The highest BCUT2D eigenvalue weighted by atomic mass is 32.2. The van der Waals surface area contributed by atoms with Gasteiger partial charge in [-0.1, -0.05) is 47.0 Å². The van der Waals surface area contributed by atoms with Gasteiger partial charge in [-0.15, -0.1) is 0 Å². The molecule has 2 unspecified atom stereocenters. The molecule has 0 spiro atoms. The van der Waals surface area contributed by atoms with Crippen LogP contribution in [0, 0.1) is 0 Å². The van der Waals surface area contributed by atoms with Gasteiger partial charge in [-0.25, -0.2) is 9.59 Å². The van der Waals surface area contributed by atoms with Gasteiger partial charge >= 0.3 is 247 Å². The predicted molar refractivity (Wildman–Crippen MR) is 281 cm³/mol. The summed E-state index contributed by atoms with van der Waals surface area (Å²) in [6.07, 6.45) is -38.5. The average molecular weight is 2400 g/mol. The van der Waals surface area contributed by atoms with E-state index in [4.69, 9.17) is 0 Å². The topological polar surface area (TPSA) is 52.6 Å². The lowest BCUT2D eigenvalue weighted by atomic mass is 9.87. The van der Waals surface area contributed by atoms with E-state index in [9.17, 15) is 326 Å². The molecule has 0 heterocycles. The van der Waals surface area contributed by atoms with E-state index in [-0.39, 0.29) is 0 Å². The highest BCUT2D eigenvalue weighted by Crippen LogP contribution is 2.75. The third-order valence-corrected chi connectivity index (χ3v) is 21.8. The summed E-state index contributed by atoms with van der Waals surface area (Å²) in [5.74, 6) is -336. The molecule has 0 aromatic heterocycles. The fourth-order valence-electron chi connectivity index (χ4n) is 8.13. The van der Waals surface area contributed by atoms with Crippen molar-refractivity contribution in [2.75, 3.05) is 24.7 Å². The van der Waals surface area contributed by atoms with Crippen molar-refractivity contribution in [2.45, 2.75) is 246 Å². The normalized spacial score (nSPS) is 17.4. The third kappa shape index (κ3) is 18.9.